The van der Waals surface area contributed by atoms with E-state index in [2.05, 4.69) is 34.2 Å². The van der Waals surface area contributed by atoms with Crippen molar-refractivity contribution in [1.82, 2.24) is 19.9 Å². The van der Waals surface area contributed by atoms with E-state index >= 15 is 0 Å². The van der Waals surface area contributed by atoms with Gasteiger partial charge in [0.1, 0.15) is 11.4 Å². The van der Waals surface area contributed by atoms with Gasteiger partial charge in [0, 0.05) is 11.1 Å². The summed E-state index contributed by atoms with van der Waals surface area (Å²) in [4.78, 5) is 17.6. The maximum atomic E-state index is 5.42. The number of aromatic nitrogens is 4. The highest BCUT2D eigenvalue weighted by atomic mass is 16.3. The van der Waals surface area contributed by atoms with Crippen LogP contribution < -0.4 is 0 Å². The lowest BCUT2D eigenvalue weighted by atomic mass is 9.95. The molecule has 0 fully saturated rings. The Kier molecular flexibility index (Phi) is 4.32. The first-order valence-corrected chi connectivity index (χ1v) is 10.1. The minimum atomic E-state index is 0.640. The Morgan fingerprint density at radius 2 is 0.938 bits per heavy atom. The van der Waals surface area contributed by atoms with E-state index in [0.717, 1.165) is 44.7 Å². The number of nitrogens with zero attached hydrogens (tertiary/aromatic N) is 4. The molecule has 0 spiro atoms. The Morgan fingerprint density at radius 3 is 1.38 bits per heavy atom. The van der Waals surface area contributed by atoms with Crippen molar-refractivity contribution in [3.63, 3.8) is 0 Å². The lowest BCUT2D eigenvalue weighted by molar-refractivity contribution is 0.569. The molecule has 4 heterocycles. The number of pyridine rings is 2. The molecule has 6 aromatic rings. The topological polar surface area (TPSA) is 77.8 Å². The van der Waals surface area contributed by atoms with E-state index in [1.807, 2.05) is 48.5 Å². The minimum absolute atomic E-state index is 0.640. The van der Waals surface area contributed by atoms with Gasteiger partial charge in [-0.05, 0) is 35.0 Å². The van der Waals surface area contributed by atoms with Crippen molar-refractivity contribution in [2.24, 2.45) is 0 Å². The molecule has 0 saturated carbocycles. The normalized spacial score (nSPS) is 11.1. The quantitative estimate of drug-likeness (QED) is 0.337. The summed E-state index contributed by atoms with van der Waals surface area (Å²) < 4.78 is 10.8. The van der Waals surface area contributed by atoms with Crippen LogP contribution in [-0.2, 0) is 0 Å². The van der Waals surface area contributed by atoms with E-state index in [1.165, 1.54) is 12.8 Å². The largest absolute Gasteiger partial charge is 0.442 e. The standard InChI is InChI=1S/C26H16N4O2/c1-2-6-18-17(5-1)19(21-7-3-9-23(29-21)25-13-27-15-31-25)11-12-20(18)22-8-4-10-24(30-22)26-14-28-16-32-26/h1-16H. The number of hydrogen-bond acceptors (Lipinski definition) is 6. The fraction of sp³-hybridized carbons (Fsp3) is 0. The molecule has 152 valence electrons. The maximum Gasteiger partial charge on any atom is 0.181 e. The third-order valence-electron chi connectivity index (χ3n) is 5.34. The molecule has 0 aliphatic heterocycles. The molecule has 0 bridgehead atoms. The average molecular weight is 416 g/mol. The zero-order valence-corrected chi connectivity index (χ0v) is 16.8. The van der Waals surface area contributed by atoms with E-state index in [4.69, 9.17) is 18.8 Å². The SMILES string of the molecule is c1cc(-c2cnco2)nc(-c2ccc(-c3cccc(-c4cnco4)n3)c3ccccc23)c1. The van der Waals surface area contributed by atoms with Gasteiger partial charge in [-0.3, -0.25) is 0 Å². The summed E-state index contributed by atoms with van der Waals surface area (Å²) in [6.45, 7) is 0. The molecule has 2 aromatic carbocycles. The third kappa shape index (κ3) is 3.15. The summed E-state index contributed by atoms with van der Waals surface area (Å²) in [5.74, 6) is 1.28. The van der Waals surface area contributed by atoms with Crippen molar-refractivity contribution in [3.05, 3.63) is 98.0 Å². The Morgan fingerprint density at radius 1 is 0.469 bits per heavy atom. The number of hydrogen-bond donors (Lipinski definition) is 0. The fourth-order valence-corrected chi connectivity index (χ4v) is 3.87. The third-order valence-corrected chi connectivity index (χ3v) is 5.34. The lowest BCUT2D eigenvalue weighted by Crippen LogP contribution is -1.92. The number of oxazole rings is 2. The highest BCUT2D eigenvalue weighted by Crippen LogP contribution is 2.35. The predicted molar refractivity (Wildman–Crippen MR) is 121 cm³/mol. The zero-order chi connectivity index (χ0) is 21.3. The fourth-order valence-electron chi connectivity index (χ4n) is 3.87. The highest BCUT2D eigenvalue weighted by molar-refractivity contribution is 6.04. The maximum absolute atomic E-state index is 5.42. The number of benzene rings is 2. The van der Waals surface area contributed by atoms with Gasteiger partial charge < -0.3 is 8.83 Å². The Bertz CT molecular complexity index is 1410. The second-order valence-corrected chi connectivity index (χ2v) is 7.25. The summed E-state index contributed by atoms with van der Waals surface area (Å²) in [5, 5.41) is 2.19. The predicted octanol–water partition coefficient (Wildman–Crippen LogP) is 6.27. The number of fused-ring (bicyclic) bond motifs is 1. The second-order valence-electron chi connectivity index (χ2n) is 7.25. The van der Waals surface area contributed by atoms with Crippen LogP contribution in [0.5, 0.6) is 0 Å². The molecule has 32 heavy (non-hydrogen) atoms. The minimum Gasteiger partial charge on any atom is -0.442 e. The van der Waals surface area contributed by atoms with Crippen LogP contribution in [-0.4, -0.2) is 19.9 Å². The van der Waals surface area contributed by atoms with Crippen LogP contribution in [0.1, 0.15) is 0 Å². The summed E-state index contributed by atoms with van der Waals surface area (Å²) >= 11 is 0. The van der Waals surface area contributed by atoms with Gasteiger partial charge in [-0.25, -0.2) is 19.9 Å². The van der Waals surface area contributed by atoms with Crippen molar-refractivity contribution in [3.8, 4) is 45.4 Å². The lowest BCUT2D eigenvalue weighted by Gasteiger charge is -2.12. The van der Waals surface area contributed by atoms with Crippen molar-refractivity contribution < 1.29 is 8.83 Å². The van der Waals surface area contributed by atoms with Crippen LogP contribution in [0.3, 0.4) is 0 Å². The van der Waals surface area contributed by atoms with Gasteiger partial charge in [-0.2, -0.15) is 0 Å². The van der Waals surface area contributed by atoms with Crippen LogP contribution >= 0.6 is 0 Å². The summed E-state index contributed by atoms with van der Waals surface area (Å²) in [5.41, 5.74) is 5.30. The van der Waals surface area contributed by atoms with Crippen LogP contribution in [0.25, 0.3) is 56.2 Å². The van der Waals surface area contributed by atoms with Gasteiger partial charge in [0.25, 0.3) is 0 Å². The van der Waals surface area contributed by atoms with E-state index in [9.17, 15) is 0 Å². The monoisotopic (exact) mass is 416 g/mol. The molecule has 0 N–H and O–H groups in total. The van der Waals surface area contributed by atoms with Crippen molar-refractivity contribution in [2.75, 3.05) is 0 Å². The molecule has 0 atom stereocenters. The molecule has 0 unspecified atom stereocenters. The molecule has 4 aromatic heterocycles. The van der Waals surface area contributed by atoms with Crippen molar-refractivity contribution >= 4 is 10.8 Å². The van der Waals surface area contributed by atoms with Gasteiger partial charge in [0.05, 0.1) is 23.8 Å². The first-order chi connectivity index (χ1) is 15.9. The van der Waals surface area contributed by atoms with Gasteiger partial charge >= 0.3 is 0 Å². The Hall–Kier alpha value is -4.58. The van der Waals surface area contributed by atoms with Crippen LogP contribution in [0.15, 0.2) is 107 Å². The molecule has 0 radical (unpaired) electrons. The van der Waals surface area contributed by atoms with Gasteiger partial charge in [0.2, 0.25) is 0 Å². The van der Waals surface area contributed by atoms with Gasteiger partial charge in [0.15, 0.2) is 24.3 Å². The molecule has 6 rings (SSSR count). The van der Waals surface area contributed by atoms with Crippen molar-refractivity contribution in [1.29, 1.82) is 0 Å². The van der Waals surface area contributed by atoms with E-state index < -0.39 is 0 Å². The molecular formula is C26H16N4O2. The van der Waals surface area contributed by atoms with Crippen LogP contribution in [0.2, 0.25) is 0 Å². The molecule has 0 aliphatic rings. The average Bonchev–Trinajstić information content (AvgIpc) is 3.59. The first-order valence-electron chi connectivity index (χ1n) is 10.1. The summed E-state index contributed by atoms with van der Waals surface area (Å²) in [7, 11) is 0. The molecule has 0 amide bonds. The first kappa shape index (κ1) is 18.2. The molecule has 0 aliphatic carbocycles. The smallest absolute Gasteiger partial charge is 0.181 e. The molecule has 6 heteroatoms. The highest BCUT2D eigenvalue weighted by Gasteiger charge is 2.13. The summed E-state index contributed by atoms with van der Waals surface area (Å²) in [6, 6.07) is 24.3. The molecular weight excluding hydrogens is 400 g/mol. The van der Waals surface area contributed by atoms with E-state index in [0.29, 0.717) is 11.5 Å². The van der Waals surface area contributed by atoms with Gasteiger partial charge in [-0.15, -0.1) is 0 Å². The Labute approximate surface area is 183 Å². The van der Waals surface area contributed by atoms with Gasteiger partial charge in [-0.1, -0.05) is 48.5 Å². The van der Waals surface area contributed by atoms with Crippen molar-refractivity contribution in [2.45, 2.75) is 0 Å². The van der Waals surface area contributed by atoms with E-state index in [1.54, 1.807) is 12.4 Å². The van der Waals surface area contributed by atoms with E-state index in [-0.39, 0.29) is 0 Å². The molecule has 6 nitrogen and oxygen atoms in total. The molecule has 0 saturated heterocycles. The number of rotatable bonds is 4. The second kappa shape index (κ2) is 7.59. The van der Waals surface area contributed by atoms with Crippen LogP contribution in [0, 0.1) is 0 Å². The Balaban J connectivity index is 1.50. The zero-order valence-electron chi connectivity index (χ0n) is 16.8. The summed E-state index contributed by atoms with van der Waals surface area (Å²) in [6.07, 6.45) is 6.16. The van der Waals surface area contributed by atoms with Crippen LogP contribution in [0.4, 0.5) is 0 Å².